The number of amidine groups is 1. The molecule has 1 saturated heterocycles. The molecule has 162 valence electrons. The first kappa shape index (κ1) is 22.6. The van der Waals surface area contributed by atoms with Crippen molar-refractivity contribution in [1.29, 1.82) is 0 Å². The number of esters is 1. The van der Waals surface area contributed by atoms with E-state index in [9.17, 15) is 9.59 Å². The fraction of sp³-hybridized carbons (Fsp3) is 0.292. The maximum absolute atomic E-state index is 12.9. The second kappa shape index (κ2) is 10.8. The number of nitrogens with zero attached hydrogens (tertiary/aromatic N) is 2. The standard InChI is InChI=1S/C24H26N2O4S/c1-4-13-30-20-12-7-9-17(14-20)15-21-22(27)26(5-2)24(31-21)25-19-11-8-10-18(16-19)23(28)29-6-3/h7-12,14-16H,4-6,13H2,1-3H3. The van der Waals surface area contributed by atoms with Gasteiger partial charge in [0.15, 0.2) is 5.17 Å². The minimum absolute atomic E-state index is 0.0901. The Morgan fingerprint density at radius 1 is 1.13 bits per heavy atom. The van der Waals surface area contributed by atoms with E-state index in [1.165, 1.54) is 11.8 Å². The molecule has 1 aliphatic rings. The zero-order valence-corrected chi connectivity index (χ0v) is 18.8. The summed E-state index contributed by atoms with van der Waals surface area (Å²) < 4.78 is 10.7. The Morgan fingerprint density at radius 2 is 1.94 bits per heavy atom. The quantitative estimate of drug-likeness (QED) is 0.415. The van der Waals surface area contributed by atoms with Gasteiger partial charge in [0.1, 0.15) is 5.75 Å². The van der Waals surface area contributed by atoms with E-state index in [0.29, 0.717) is 41.1 Å². The number of carbonyl (C=O) groups excluding carboxylic acids is 2. The van der Waals surface area contributed by atoms with Crippen LogP contribution in [0.25, 0.3) is 6.08 Å². The van der Waals surface area contributed by atoms with Crippen LogP contribution in [0.5, 0.6) is 5.75 Å². The van der Waals surface area contributed by atoms with Crippen molar-refractivity contribution >= 4 is 40.6 Å². The number of benzene rings is 2. The molecule has 2 aromatic carbocycles. The van der Waals surface area contributed by atoms with Crippen molar-refractivity contribution in [1.82, 2.24) is 4.90 Å². The monoisotopic (exact) mass is 438 g/mol. The van der Waals surface area contributed by atoms with Gasteiger partial charge in [-0.1, -0.05) is 25.1 Å². The van der Waals surface area contributed by atoms with Crippen LogP contribution >= 0.6 is 11.8 Å². The average Bonchev–Trinajstić information content (AvgIpc) is 3.06. The molecule has 3 rings (SSSR count). The van der Waals surface area contributed by atoms with Crippen molar-refractivity contribution in [3.63, 3.8) is 0 Å². The molecule has 31 heavy (non-hydrogen) atoms. The number of carbonyl (C=O) groups is 2. The second-order valence-corrected chi connectivity index (χ2v) is 7.76. The van der Waals surface area contributed by atoms with Crippen molar-refractivity contribution < 1.29 is 19.1 Å². The molecule has 0 bridgehead atoms. The molecule has 0 N–H and O–H groups in total. The van der Waals surface area contributed by atoms with E-state index in [0.717, 1.165) is 17.7 Å². The Labute approximate surface area is 187 Å². The highest BCUT2D eigenvalue weighted by atomic mass is 32.2. The van der Waals surface area contributed by atoms with Crippen LogP contribution in [0, 0.1) is 0 Å². The number of hydrogen-bond donors (Lipinski definition) is 0. The van der Waals surface area contributed by atoms with E-state index in [4.69, 9.17) is 9.47 Å². The number of aliphatic imine (C=N–C) groups is 1. The molecule has 0 spiro atoms. The minimum Gasteiger partial charge on any atom is -0.494 e. The summed E-state index contributed by atoms with van der Waals surface area (Å²) >= 11 is 1.32. The van der Waals surface area contributed by atoms with Crippen LogP contribution in [0.15, 0.2) is 58.4 Å². The van der Waals surface area contributed by atoms with E-state index in [-0.39, 0.29) is 5.91 Å². The lowest BCUT2D eigenvalue weighted by Crippen LogP contribution is -2.28. The third-order valence-corrected chi connectivity index (χ3v) is 5.42. The summed E-state index contributed by atoms with van der Waals surface area (Å²) in [5, 5.41) is 0.582. The predicted octanol–water partition coefficient (Wildman–Crippen LogP) is 5.28. The van der Waals surface area contributed by atoms with Gasteiger partial charge in [-0.15, -0.1) is 0 Å². The van der Waals surface area contributed by atoms with Gasteiger partial charge in [-0.3, -0.25) is 9.69 Å². The van der Waals surface area contributed by atoms with Gasteiger partial charge in [-0.2, -0.15) is 0 Å². The first-order valence-corrected chi connectivity index (χ1v) is 11.2. The fourth-order valence-corrected chi connectivity index (χ4v) is 4.03. The molecule has 1 heterocycles. The third kappa shape index (κ3) is 5.76. The average molecular weight is 439 g/mol. The Hall–Kier alpha value is -3.06. The maximum Gasteiger partial charge on any atom is 0.338 e. The lowest BCUT2D eigenvalue weighted by molar-refractivity contribution is -0.122. The zero-order chi connectivity index (χ0) is 22.2. The van der Waals surface area contributed by atoms with Gasteiger partial charge in [0.05, 0.1) is 29.4 Å². The summed E-state index contributed by atoms with van der Waals surface area (Å²) in [5.74, 6) is 0.300. The second-order valence-electron chi connectivity index (χ2n) is 6.75. The molecule has 0 aliphatic carbocycles. The van der Waals surface area contributed by atoms with Crippen LogP contribution in [0.1, 0.15) is 43.1 Å². The molecule has 0 atom stereocenters. The predicted molar refractivity (Wildman–Crippen MR) is 125 cm³/mol. The lowest BCUT2D eigenvalue weighted by Gasteiger charge is -2.12. The number of ether oxygens (including phenoxy) is 2. The summed E-state index contributed by atoms with van der Waals surface area (Å²) in [6, 6.07) is 14.6. The largest absolute Gasteiger partial charge is 0.494 e. The van der Waals surface area contributed by atoms with E-state index in [1.807, 2.05) is 37.3 Å². The highest BCUT2D eigenvalue weighted by Gasteiger charge is 2.32. The molecule has 1 aliphatic heterocycles. The smallest absolute Gasteiger partial charge is 0.338 e. The van der Waals surface area contributed by atoms with Gasteiger partial charge in [-0.25, -0.2) is 9.79 Å². The van der Waals surface area contributed by atoms with Crippen LogP contribution in [0.3, 0.4) is 0 Å². The SMILES string of the molecule is CCCOc1cccc(C=C2SC(=Nc3cccc(C(=O)OCC)c3)N(CC)C2=O)c1. The van der Waals surface area contributed by atoms with Crippen LogP contribution in [-0.4, -0.2) is 41.7 Å². The number of thioether (sulfide) groups is 1. The van der Waals surface area contributed by atoms with E-state index in [2.05, 4.69) is 11.9 Å². The van der Waals surface area contributed by atoms with Crippen LogP contribution in [0.4, 0.5) is 5.69 Å². The van der Waals surface area contributed by atoms with E-state index in [1.54, 1.807) is 36.1 Å². The normalized spacial score (nSPS) is 16.2. The number of rotatable bonds is 8. The minimum atomic E-state index is -0.391. The molecule has 0 unspecified atom stereocenters. The molecule has 6 nitrogen and oxygen atoms in total. The zero-order valence-electron chi connectivity index (χ0n) is 18.0. The first-order chi connectivity index (χ1) is 15.0. The Kier molecular flexibility index (Phi) is 7.89. The summed E-state index contributed by atoms with van der Waals surface area (Å²) in [7, 11) is 0. The van der Waals surface area contributed by atoms with Crippen molar-refractivity contribution in [3.05, 3.63) is 64.6 Å². The topological polar surface area (TPSA) is 68.2 Å². The number of hydrogen-bond acceptors (Lipinski definition) is 6. The fourth-order valence-electron chi connectivity index (χ4n) is 2.96. The van der Waals surface area contributed by atoms with Gasteiger partial charge in [0, 0.05) is 6.54 Å². The summed E-state index contributed by atoms with van der Waals surface area (Å²) in [4.78, 5) is 31.8. The van der Waals surface area contributed by atoms with Crippen molar-refractivity contribution in [2.24, 2.45) is 4.99 Å². The molecule has 0 saturated carbocycles. The number of likely N-dealkylation sites (N-methyl/N-ethyl adjacent to an activating group) is 1. The van der Waals surface area contributed by atoms with Crippen LogP contribution < -0.4 is 4.74 Å². The molecule has 2 aromatic rings. The molecule has 1 fully saturated rings. The third-order valence-electron chi connectivity index (χ3n) is 4.42. The van der Waals surface area contributed by atoms with Crippen LogP contribution in [-0.2, 0) is 9.53 Å². The molecular formula is C24H26N2O4S. The van der Waals surface area contributed by atoms with Crippen molar-refractivity contribution in [2.75, 3.05) is 19.8 Å². The Morgan fingerprint density at radius 3 is 2.68 bits per heavy atom. The van der Waals surface area contributed by atoms with Crippen molar-refractivity contribution in [2.45, 2.75) is 27.2 Å². The van der Waals surface area contributed by atoms with E-state index >= 15 is 0 Å². The molecule has 1 amide bonds. The summed E-state index contributed by atoms with van der Waals surface area (Å²) in [6.07, 6.45) is 2.79. The maximum atomic E-state index is 12.9. The summed E-state index contributed by atoms with van der Waals surface area (Å²) in [6.45, 7) is 7.19. The highest BCUT2D eigenvalue weighted by Crippen LogP contribution is 2.34. The van der Waals surface area contributed by atoms with Crippen molar-refractivity contribution in [3.8, 4) is 5.75 Å². The van der Waals surface area contributed by atoms with Gasteiger partial charge >= 0.3 is 5.97 Å². The Bertz CT molecular complexity index is 1020. The van der Waals surface area contributed by atoms with Gasteiger partial charge in [0.25, 0.3) is 5.91 Å². The molecule has 0 aromatic heterocycles. The molecule has 0 radical (unpaired) electrons. The lowest BCUT2D eigenvalue weighted by atomic mass is 10.2. The van der Waals surface area contributed by atoms with Crippen LogP contribution in [0.2, 0.25) is 0 Å². The highest BCUT2D eigenvalue weighted by molar-refractivity contribution is 8.18. The summed E-state index contributed by atoms with van der Waals surface area (Å²) in [5.41, 5.74) is 1.92. The number of amides is 1. The van der Waals surface area contributed by atoms with Gasteiger partial charge in [-0.05, 0) is 74.0 Å². The molecular weight excluding hydrogens is 412 g/mol. The first-order valence-electron chi connectivity index (χ1n) is 10.4. The van der Waals surface area contributed by atoms with Gasteiger partial charge in [0.2, 0.25) is 0 Å². The van der Waals surface area contributed by atoms with Gasteiger partial charge < -0.3 is 9.47 Å². The van der Waals surface area contributed by atoms with E-state index < -0.39 is 5.97 Å². The molecule has 7 heteroatoms. The Balaban J connectivity index is 1.86.